The van der Waals surface area contributed by atoms with E-state index in [2.05, 4.69) is 38.2 Å². The van der Waals surface area contributed by atoms with E-state index in [4.69, 9.17) is 4.74 Å². The zero-order valence-electron chi connectivity index (χ0n) is 18.6. The SMILES string of the molecule is CC=CC(C)(C)C1C=CC([S+]([O-])c2ccc(Oc3cccc4c(O)cccc34)cc2)=CC1. The molecule has 0 bridgehead atoms. The van der Waals surface area contributed by atoms with Crippen molar-refractivity contribution < 1.29 is 14.4 Å². The van der Waals surface area contributed by atoms with Gasteiger partial charge in [0.2, 0.25) is 0 Å². The number of ether oxygens (including phenoxy) is 1. The van der Waals surface area contributed by atoms with Gasteiger partial charge in [0.15, 0.2) is 9.80 Å². The van der Waals surface area contributed by atoms with Crippen molar-refractivity contribution in [1.29, 1.82) is 0 Å². The summed E-state index contributed by atoms with van der Waals surface area (Å²) in [7, 11) is 0. The number of fused-ring (bicyclic) bond motifs is 1. The van der Waals surface area contributed by atoms with Crippen LogP contribution in [0.5, 0.6) is 17.2 Å². The highest BCUT2D eigenvalue weighted by Gasteiger charge is 2.28. The van der Waals surface area contributed by atoms with Crippen molar-refractivity contribution in [2.45, 2.75) is 32.1 Å². The molecule has 164 valence electrons. The van der Waals surface area contributed by atoms with Gasteiger partial charge in [-0.15, -0.1) is 0 Å². The molecule has 4 heteroatoms. The first kappa shape index (κ1) is 22.3. The van der Waals surface area contributed by atoms with Crippen molar-refractivity contribution in [1.82, 2.24) is 0 Å². The van der Waals surface area contributed by atoms with E-state index in [9.17, 15) is 9.66 Å². The minimum atomic E-state index is -1.23. The number of phenols is 1. The van der Waals surface area contributed by atoms with E-state index in [0.717, 1.165) is 27.0 Å². The minimum absolute atomic E-state index is 0.0756. The third-order valence-corrected chi connectivity index (χ3v) is 7.39. The fourth-order valence-electron chi connectivity index (χ4n) is 4.09. The molecule has 3 nitrogen and oxygen atoms in total. The Hall–Kier alpha value is -2.95. The normalized spacial score (nSPS) is 17.5. The second-order valence-corrected chi connectivity index (χ2v) is 10.1. The smallest absolute Gasteiger partial charge is 0.158 e. The fourth-order valence-corrected chi connectivity index (χ4v) is 5.20. The molecule has 1 N–H and O–H groups in total. The third kappa shape index (κ3) is 4.62. The maximum absolute atomic E-state index is 13.1. The lowest BCUT2D eigenvalue weighted by molar-refractivity contribution is 0.343. The summed E-state index contributed by atoms with van der Waals surface area (Å²) in [5.74, 6) is 1.95. The number of phenolic OH excluding ortho intramolecular Hbond substituents is 1. The summed E-state index contributed by atoms with van der Waals surface area (Å²) in [6.07, 6.45) is 11.5. The standard InChI is InChI=1S/C28H28O3S/c1-4-19-28(2,3)20-11-15-22(16-12-20)32(30)23-17-13-21(14-18-23)31-27-10-6-7-24-25(27)8-5-9-26(24)29/h4-11,13-20,29H,12H2,1-3H3. The Morgan fingerprint density at radius 2 is 1.75 bits per heavy atom. The Kier molecular flexibility index (Phi) is 6.45. The molecular weight excluding hydrogens is 416 g/mol. The number of benzene rings is 3. The zero-order valence-corrected chi connectivity index (χ0v) is 19.4. The molecule has 3 aromatic rings. The predicted molar refractivity (Wildman–Crippen MR) is 132 cm³/mol. The Morgan fingerprint density at radius 3 is 2.44 bits per heavy atom. The molecule has 2 unspecified atom stereocenters. The molecular formula is C28H28O3S. The molecule has 0 spiro atoms. The van der Waals surface area contributed by atoms with Gasteiger partial charge in [0, 0.05) is 21.9 Å². The Morgan fingerprint density at radius 1 is 1.03 bits per heavy atom. The predicted octanol–water partition coefficient (Wildman–Crippen LogP) is 7.51. The second-order valence-electron chi connectivity index (χ2n) is 8.60. The van der Waals surface area contributed by atoms with E-state index in [1.165, 1.54) is 0 Å². The van der Waals surface area contributed by atoms with Gasteiger partial charge in [0.25, 0.3) is 0 Å². The molecule has 0 heterocycles. The lowest BCUT2D eigenvalue weighted by atomic mass is 9.75. The number of hydrogen-bond acceptors (Lipinski definition) is 3. The van der Waals surface area contributed by atoms with Crippen LogP contribution in [0.2, 0.25) is 0 Å². The summed E-state index contributed by atoms with van der Waals surface area (Å²) >= 11 is -1.23. The minimum Gasteiger partial charge on any atom is -0.606 e. The van der Waals surface area contributed by atoms with Crippen LogP contribution in [0, 0.1) is 11.3 Å². The molecule has 0 saturated heterocycles. The second kappa shape index (κ2) is 9.27. The summed E-state index contributed by atoms with van der Waals surface area (Å²) in [6.45, 7) is 6.50. The number of allylic oxidation sites excluding steroid dienone is 5. The Balaban J connectivity index is 1.47. The molecule has 1 aliphatic rings. The van der Waals surface area contributed by atoms with Crippen LogP contribution >= 0.6 is 0 Å². The molecule has 3 aromatic carbocycles. The number of hydrogen-bond donors (Lipinski definition) is 1. The highest BCUT2D eigenvalue weighted by molar-refractivity contribution is 7.95. The average Bonchev–Trinajstić information content (AvgIpc) is 2.80. The van der Waals surface area contributed by atoms with Crippen LogP contribution in [0.1, 0.15) is 27.2 Å². The van der Waals surface area contributed by atoms with Gasteiger partial charge in [-0.3, -0.25) is 0 Å². The third-order valence-electron chi connectivity index (χ3n) is 5.96. The molecule has 0 radical (unpaired) electrons. The molecule has 0 aliphatic heterocycles. The lowest BCUT2D eigenvalue weighted by Gasteiger charge is -2.30. The van der Waals surface area contributed by atoms with Crippen LogP contribution < -0.4 is 4.74 Å². The van der Waals surface area contributed by atoms with Crippen LogP contribution in [-0.2, 0) is 11.2 Å². The van der Waals surface area contributed by atoms with Gasteiger partial charge in [-0.1, -0.05) is 56.3 Å². The number of aromatic hydroxyl groups is 1. The molecule has 0 aromatic heterocycles. The highest BCUT2D eigenvalue weighted by Crippen LogP contribution is 2.38. The van der Waals surface area contributed by atoms with Gasteiger partial charge in [0.1, 0.15) is 17.2 Å². The molecule has 32 heavy (non-hydrogen) atoms. The Bertz CT molecular complexity index is 1190. The van der Waals surface area contributed by atoms with E-state index in [1.54, 1.807) is 12.1 Å². The molecule has 0 fully saturated rings. The van der Waals surface area contributed by atoms with Gasteiger partial charge < -0.3 is 14.4 Å². The van der Waals surface area contributed by atoms with E-state index in [-0.39, 0.29) is 11.2 Å². The van der Waals surface area contributed by atoms with Crippen LogP contribution in [0.25, 0.3) is 10.8 Å². The van der Waals surface area contributed by atoms with Crippen molar-refractivity contribution in [3.05, 3.63) is 95.9 Å². The summed E-state index contributed by atoms with van der Waals surface area (Å²) in [5, 5.41) is 11.7. The average molecular weight is 445 g/mol. The van der Waals surface area contributed by atoms with Gasteiger partial charge in [-0.25, -0.2) is 0 Å². The van der Waals surface area contributed by atoms with Crippen LogP contribution in [0.15, 0.2) is 101 Å². The van der Waals surface area contributed by atoms with Gasteiger partial charge >= 0.3 is 0 Å². The van der Waals surface area contributed by atoms with Crippen molar-refractivity contribution in [3.8, 4) is 17.2 Å². The molecule has 1 aliphatic carbocycles. The monoisotopic (exact) mass is 444 g/mol. The zero-order chi connectivity index (χ0) is 22.7. The van der Waals surface area contributed by atoms with E-state index >= 15 is 0 Å². The van der Waals surface area contributed by atoms with Crippen LogP contribution in [0.3, 0.4) is 0 Å². The molecule has 2 atom stereocenters. The summed E-state index contributed by atoms with van der Waals surface area (Å²) in [5.41, 5.74) is 0.0756. The van der Waals surface area contributed by atoms with E-state index < -0.39 is 11.2 Å². The quantitative estimate of drug-likeness (QED) is 0.316. The molecule has 4 rings (SSSR count). The Labute approximate surface area is 192 Å². The largest absolute Gasteiger partial charge is 0.606 e. The summed E-state index contributed by atoms with van der Waals surface area (Å²) < 4.78 is 19.1. The fraction of sp³-hybridized carbons (Fsp3) is 0.214. The summed E-state index contributed by atoms with van der Waals surface area (Å²) in [6, 6.07) is 18.3. The van der Waals surface area contributed by atoms with E-state index in [0.29, 0.717) is 17.4 Å². The van der Waals surface area contributed by atoms with Crippen LogP contribution in [-0.4, -0.2) is 9.66 Å². The van der Waals surface area contributed by atoms with Gasteiger partial charge in [-0.05, 0) is 73.2 Å². The van der Waals surface area contributed by atoms with Crippen molar-refractivity contribution in [2.24, 2.45) is 11.3 Å². The topological polar surface area (TPSA) is 52.5 Å². The van der Waals surface area contributed by atoms with E-state index in [1.807, 2.05) is 61.5 Å². The first-order valence-corrected chi connectivity index (χ1v) is 12.0. The van der Waals surface area contributed by atoms with Crippen molar-refractivity contribution >= 4 is 21.9 Å². The lowest BCUT2D eigenvalue weighted by Crippen LogP contribution is -2.21. The first-order valence-electron chi connectivity index (χ1n) is 10.8. The highest BCUT2D eigenvalue weighted by atomic mass is 32.2. The maximum Gasteiger partial charge on any atom is 0.158 e. The number of rotatable bonds is 6. The molecule has 0 amide bonds. The van der Waals surface area contributed by atoms with Gasteiger partial charge in [-0.2, -0.15) is 0 Å². The van der Waals surface area contributed by atoms with Crippen molar-refractivity contribution in [3.63, 3.8) is 0 Å². The summed E-state index contributed by atoms with van der Waals surface area (Å²) in [4.78, 5) is 1.59. The maximum atomic E-state index is 13.1. The van der Waals surface area contributed by atoms with Crippen molar-refractivity contribution in [2.75, 3.05) is 0 Å². The first-order chi connectivity index (χ1) is 15.4. The molecule has 0 saturated carbocycles. The van der Waals surface area contributed by atoms with Crippen LogP contribution in [0.4, 0.5) is 0 Å². The van der Waals surface area contributed by atoms with Gasteiger partial charge in [0.05, 0.1) is 0 Å².